The zero-order valence-corrected chi connectivity index (χ0v) is 22.9. The average Bonchev–Trinajstić information content (AvgIpc) is 3.05. The van der Waals surface area contributed by atoms with E-state index in [1.165, 1.54) is 6.08 Å². The summed E-state index contributed by atoms with van der Waals surface area (Å²) in [6.45, 7) is 7.89. The summed E-state index contributed by atoms with van der Waals surface area (Å²) in [4.78, 5) is 36.8. The van der Waals surface area contributed by atoms with Crippen molar-refractivity contribution in [2.45, 2.75) is 42.8 Å². The SMILES string of the molecule is C=CC(=O)N1CCCCC(n2c(NC(=O)c3ccnc(C)c3)nc3cc(OC4COC4)cc(CI)c32)C1. The molecule has 1 N–H and O–H groups in total. The molecule has 2 aliphatic rings. The molecular formula is C27H30IN5O4. The molecule has 1 atom stereocenters. The van der Waals surface area contributed by atoms with Crippen LogP contribution >= 0.6 is 22.6 Å². The van der Waals surface area contributed by atoms with Crippen LogP contribution in [0.3, 0.4) is 0 Å². The smallest absolute Gasteiger partial charge is 0.258 e. The number of rotatable bonds is 7. The van der Waals surface area contributed by atoms with Gasteiger partial charge in [0.25, 0.3) is 5.91 Å². The van der Waals surface area contributed by atoms with Crippen LogP contribution in [0.5, 0.6) is 5.75 Å². The fraction of sp³-hybridized carbons (Fsp3) is 0.407. The number of carbonyl (C=O) groups is 2. The number of amides is 2. The summed E-state index contributed by atoms with van der Waals surface area (Å²) in [6.07, 6.45) is 5.77. The molecular weight excluding hydrogens is 585 g/mol. The molecule has 9 nitrogen and oxygen atoms in total. The maximum Gasteiger partial charge on any atom is 0.258 e. The van der Waals surface area contributed by atoms with Crippen LogP contribution in [-0.2, 0) is 14.0 Å². The third-order valence-corrected chi connectivity index (χ3v) is 7.60. The van der Waals surface area contributed by atoms with Crippen LogP contribution in [0.4, 0.5) is 5.95 Å². The molecule has 0 radical (unpaired) electrons. The molecule has 1 aromatic carbocycles. The van der Waals surface area contributed by atoms with E-state index >= 15 is 0 Å². The fourth-order valence-corrected chi connectivity index (χ4v) is 5.48. The van der Waals surface area contributed by atoms with E-state index in [9.17, 15) is 9.59 Å². The first-order chi connectivity index (χ1) is 18.0. The largest absolute Gasteiger partial charge is 0.486 e. The van der Waals surface area contributed by atoms with Gasteiger partial charge in [-0.3, -0.25) is 19.9 Å². The standard InChI is InChI=1S/C27H30IN5O4/c1-3-24(34)32-9-5-4-6-20(14-32)33-25-19(13-28)11-21(37-22-15-36-16-22)12-23(25)30-27(33)31-26(35)18-7-8-29-17(2)10-18/h3,7-8,10-12,20,22H,1,4-6,9,13-16H2,2H3,(H,30,31,35). The van der Waals surface area contributed by atoms with Gasteiger partial charge in [-0.25, -0.2) is 4.98 Å². The zero-order chi connectivity index (χ0) is 25.9. The fourth-order valence-electron chi connectivity index (χ4n) is 4.89. The number of imidazole rings is 1. The Morgan fingerprint density at radius 3 is 2.84 bits per heavy atom. The Bertz CT molecular complexity index is 1340. The van der Waals surface area contributed by atoms with Gasteiger partial charge in [-0.1, -0.05) is 29.2 Å². The molecule has 2 fully saturated rings. The molecule has 10 heteroatoms. The number of hydrogen-bond acceptors (Lipinski definition) is 6. The van der Waals surface area contributed by atoms with Crippen LogP contribution < -0.4 is 10.1 Å². The highest BCUT2D eigenvalue weighted by atomic mass is 127. The summed E-state index contributed by atoms with van der Waals surface area (Å²) in [5, 5.41) is 3.05. The number of pyridine rings is 1. The highest BCUT2D eigenvalue weighted by Gasteiger charge is 2.28. The molecule has 0 saturated carbocycles. The van der Waals surface area contributed by atoms with Crippen molar-refractivity contribution in [3.8, 4) is 5.75 Å². The highest BCUT2D eigenvalue weighted by Crippen LogP contribution is 2.36. The lowest BCUT2D eigenvalue weighted by Crippen LogP contribution is -2.38. The number of nitrogens with zero attached hydrogens (tertiary/aromatic N) is 4. The summed E-state index contributed by atoms with van der Waals surface area (Å²) < 4.78 is 14.2. The molecule has 3 aromatic rings. The summed E-state index contributed by atoms with van der Waals surface area (Å²) in [6, 6.07) is 7.36. The second-order valence-corrected chi connectivity index (χ2v) is 10.2. The molecule has 0 spiro atoms. The quantitative estimate of drug-likeness (QED) is 0.240. The van der Waals surface area contributed by atoms with E-state index in [-0.39, 0.29) is 24.0 Å². The number of nitrogens with one attached hydrogen (secondary N) is 1. The molecule has 194 valence electrons. The maximum absolute atomic E-state index is 13.3. The number of hydrogen-bond donors (Lipinski definition) is 1. The van der Waals surface area contributed by atoms with Gasteiger partial charge in [-0.05, 0) is 56.0 Å². The van der Waals surface area contributed by atoms with Gasteiger partial charge in [0.1, 0.15) is 11.9 Å². The summed E-state index contributed by atoms with van der Waals surface area (Å²) >= 11 is 2.35. The Balaban J connectivity index is 1.59. The first-order valence-corrected chi connectivity index (χ1v) is 14.0. The molecule has 37 heavy (non-hydrogen) atoms. The van der Waals surface area contributed by atoms with E-state index in [0.717, 1.165) is 51.7 Å². The van der Waals surface area contributed by atoms with Gasteiger partial charge >= 0.3 is 0 Å². The molecule has 5 rings (SSSR count). The van der Waals surface area contributed by atoms with E-state index in [0.29, 0.717) is 37.8 Å². The second kappa shape index (κ2) is 11.2. The maximum atomic E-state index is 13.3. The second-order valence-electron chi connectivity index (χ2n) is 9.44. The van der Waals surface area contributed by atoms with Crippen LogP contribution in [0.1, 0.15) is 46.9 Å². The van der Waals surface area contributed by atoms with Crippen molar-refractivity contribution < 1.29 is 19.1 Å². The van der Waals surface area contributed by atoms with Gasteiger partial charge in [0.05, 0.1) is 30.3 Å². The monoisotopic (exact) mass is 615 g/mol. The van der Waals surface area contributed by atoms with Crippen molar-refractivity contribution in [3.63, 3.8) is 0 Å². The van der Waals surface area contributed by atoms with Crippen molar-refractivity contribution >= 4 is 51.4 Å². The average molecular weight is 615 g/mol. The van der Waals surface area contributed by atoms with Crippen LogP contribution in [0.2, 0.25) is 0 Å². The highest BCUT2D eigenvalue weighted by molar-refractivity contribution is 14.1. The van der Waals surface area contributed by atoms with Crippen molar-refractivity contribution in [1.29, 1.82) is 0 Å². The Morgan fingerprint density at radius 2 is 2.14 bits per heavy atom. The minimum absolute atomic E-state index is 0.0380. The van der Waals surface area contributed by atoms with Gasteiger partial charge in [0.2, 0.25) is 11.9 Å². The summed E-state index contributed by atoms with van der Waals surface area (Å²) in [5.74, 6) is 0.863. The lowest BCUT2D eigenvalue weighted by molar-refractivity contribution is -0.126. The predicted molar refractivity (Wildman–Crippen MR) is 149 cm³/mol. The van der Waals surface area contributed by atoms with Crippen LogP contribution in [0.25, 0.3) is 11.0 Å². The predicted octanol–water partition coefficient (Wildman–Crippen LogP) is 4.44. The van der Waals surface area contributed by atoms with Crippen molar-refractivity contribution in [2.75, 3.05) is 31.6 Å². The molecule has 0 bridgehead atoms. The number of anilines is 1. The molecule has 2 saturated heterocycles. The first-order valence-electron chi connectivity index (χ1n) is 12.5. The number of ether oxygens (including phenoxy) is 2. The zero-order valence-electron chi connectivity index (χ0n) is 20.8. The van der Waals surface area contributed by atoms with Crippen LogP contribution in [0, 0.1) is 6.92 Å². The lowest BCUT2D eigenvalue weighted by Gasteiger charge is -2.27. The van der Waals surface area contributed by atoms with Crippen molar-refractivity contribution in [2.24, 2.45) is 0 Å². The third-order valence-electron chi connectivity index (χ3n) is 6.77. The number of halogens is 1. The van der Waals surface area contributed by atoms with Crippen LogP contribution in [0.15, 0.2) is 43.1 Å². The Labute approximate surface area is 229 Å². The number of fused-ring (bicyclic) bond motifs is 1. The van der Waals surface area contributed by atoms with Gasteiger partial charge in [-0.15, -0.1) is 0 Å². The van der Waals surface area contributed by atoms with Gasteiger partial charge in [0, 0.05) is 41.0 Å². The van der Waals surface area contributed by atoms with Gasteiger partial charge in [-0.2, -0.15) is 0 Å². The van der Waals surface area contributed by atoms with Crippen molar-refractivity contribution in [1.82, 2.24) is 19.4 Å². The normalized spacial score (nSPS) is 18.2. The molecule has 4 heterocycles. The molecule has 2 aliphatic heterocycles. The van der Waals surface area contributed by atoms with Gasteiger partial charge < -0.3 is 18.9 Å². The number of likely N-dealkylation sites (tertiary alicyclic amines) is 1. The van der Waals surface area contributed by atoms with Gasteiger partial charge in [0.15, 0.2) is 0 Å². The number of aromatic nitrogens is 3. The number of carbonyl (C=O) groups excluding carboxylic acids is 2. The number of alkyl halides is 1. The molecule has 2 aromatic heterocycles. The molecule has 0 aliphatic carbocycles. The van der Waals surface area contributed by atoms with E-state index in [4.69, 9.17) is 14.5 Å². The lowest BCUT2D eigenvalue weighted by atomic mass is 10.1. The van der Waals surface area contributed by atoms with Crippen molar-refractivity contribution in [3.05, 3.63) is 59.9 Å². The van der Waals surface area contributed by atoms with E-state index in [1.54, 1.807) is 18.3 Å². The topological polar surface area (TPSA) is 98.6 Å². The summed E-state index contributed by atoms with van der Waals surface area (Å²) in [7, 11) is 0. The van der Waals surface area contributed by atoms with E-state index in [1.807, 2.05) is 24.0 Å². The third kappa shape index (κ3) is 5.49. The van der Waals surface area contributed by atoms with Crippen LogP contribution in [-0.4, -0.2) is 63.7 Å². The number of benzene rings is 1. The van der Waals surface area contributed by atoms with E-state index < -0.39 is 0 Å². The Hall–Kier alpha value is -2.99. The van der Waals surface area contributed by atoms with E-state index in [2.05, 4.69) is 44.0 Å². The minimum atomic E-state index is -0.256. The number of aryl methyl sites for hydroxylation is 1. The molecule has 1 unspecified atom stereocenters. The first kappa shape index (κ1) is 25.7. The Morgan fingerprint density at radius 1 is 1.30 bits per heavy atom. The molecule has 2 amide bonds. The summed E-state index contributed by atoms with van der Waals surface area (Å²) in [5.41, 5.74) is 4.03. The Kier molecular flexibility index (Phi) is 7.75. The minimum Gasteiger partial charge on any atom is -0.486 e.